The van der Waals surface area contributed by atoms with Crippen molar-refractivity contribution >= 4 is 27.6 Å². The smallest absolute Gasteiger partial charge is 0.335 e. The molecule has 0 spiro atoms. The highest BCUT2D eigenvalue weighted by atomic mass is 35.5. The molecule has 6 nitrogen and oxygen atoms in total. The van der Waals surface area contributed by atoms with Gasteiger partial charge in [-0.25, -0.2) is 17.9 Å². The Morgan fingerprint density at radius 2 is 1.96 bits per heavy atom. The summed E-state index contributed by atoms with van der Waals surface area (Å²) in [5, 5.41) is 9.72. The molecule has 8 heteroatoms. The zero-order valence-electron chi connectivity index (χ0n) is 12.8. The summed E-state index contributed by atoms with van der Waals surface area (Å²) >= 11 is 5.95. The molecule has 2 N–H and O–H groups in total. The second-order valence-electron chi connectivity index (χ2n) is 4.95. The average Bonchev–Trinajstić information content (AvgIpc) is 2.54. The van der Waals surface area contributed by atoms with Crippen LogP contribution >= 0.6 is 11.6 Å². The van der Waals surface area contributed by atoms with Crippen molar-refractivity contribution in [2.24, 2.45) is 0 Å². The molecule has 0 fully saturated rings. The molecule has 0 bridgehead atoms. The van der Waals surface area contributed by atoms with E-state index in [0.29, 0.717) is 16.1 Å². The predicted octanol–water partition coefficient (Wildman–Crippen LogP) is 2.63. The number of carboxylic acids is 1. The molecule has 0 unspecified atom stereocenters. The highest BCUT2D eigenvalue weighted by Gasteiger charge is 2.18. The van der Waals surface area contributed by atoms with Gasteiger partial charge in [-0.2, -0.15) is 0 Å². The minimum absolute atomic E-state index is 0.0859. The summed E-state index contributed by atoms with van der Waals surface area (Å²) in [6.07, 6.45) is 0. The van der Waals surface area contributed by atoms with Gasteiger partial charge in [0.15, 0.2) is 0 Å². The number of benzene rings is 2. The average molecular weight is 370 g/mol. The minimum atomic E-state index is -3.86. The monoisotopic (exact) mass is 369 g/mol. The molecule has 0 radical (unpaired) electrons. The molecule has 128 valence electrons. The maximum atomic E-state index is 12.3. The minimum Gasteiger partial charge on any atom is -0.478 e. The van der Waals surface area contributed by atoms with Crippen LogP contribution in [0.25, 0.3) is 11.1 Å². The highest BCUT2D eigenvalue weighted by Crippen LogP contribution is 2.26. The van der Waals surface area contributed by atoms with E-state index in [-0.39, 0.29) is 23.6 Å². The molecule has 0 aliphatic carbocycles. The topological polar surface area (TPSA) is 92.7 Å². The molecule has 0 aliphatic heterocycles. The number of carbonyl (C=O) groups is 1. The van der Waals surface area contributed by atoms with Gasteiger partial charge in [-0.1, -0.05) is 23.7 Å². The Labute approximate surface area is 145 Å². The Bertz CT molecular complexity index is 851. The molecule has 2 rings (SSSR count). The third-order valence-electron chi connectivity index (χ3n) is 3.22. The molecule has 0 aromatic heterocycles. The van der Waals surface area contributed by atoms with Crippen LogP contribution in [0.15, 0.2) is 47.4 Å². The molecule has 0 saturated carbocycles. The van der Waals surface area contributed by atoms with Crippen molar-refractivity contribution < 1.29 is 23.1 Å². The molecule has 24 heavy (non-hydrogen) atoms. The number of sulfonamides is 1. The van der Waals surface area contributed by atoms with E-state index in [0.717, 1.165) is 6.07 Å². The van der Waals surface area contributed by atoms with Crippen molar-refractivity contribution in [1.82, 2.24) is 4.72 Å². The summed E-state index contributed by atoms with van der Waals surface area (Å²) in [7, 11) is -2.40. The first-order valence-electron chi connectivity index (χ1n) is 6.96. The Hall–Kier alpha value is -1.93. The van der Waals surface area contributed by atoms with Crippen LogP contribution in [0, 0.1) is 0 Å². The van der Waals surface area contributed by atoms with E-state index < -0.39 is 16.0 Å². The first-order valence-corrected chi connectivity index (χ1v) is 8.82. The number of methoxy groups -OCH3 is 1. The van der Waals surface area contributed by atoms with E-state index >= 15 is 0 Å². The number of halogens is 1. The van der Waals surface area contributed by atoms with Crippen molar-refractivity contribution in [3.63, 3.8) is 0 Å². The normalized spacial score (nSPS) is 11.4. The summed E-state index contributed by atoms with van der Waals surface area (Å²) in [4.78, 5) is 11.2. The molecule has 0 saturated heterocycles. The summed E-state index contributed by atoms with van der Waals surface area (Å²) < 4.78 is 31.9. The molecular formula is C16H16ClNO5S. The number of carboxylic acid groups (broad SMARTS) is 1. The van der Waals surface area contributed by atoms with E-state index in [1.807, 2.05) is 0 Å². The molecular weight excluding hydrogens is 354 g/mol. The largest absolute Gasteiger partial charge is 0.478 e. The predicted molar refractivity (Wildman–Crippen MR) is 90.9 cm³/mol. The SMILES string of the molecule is COCCNS(=O)(=O)c1cc(C(=O)O)cc(-c2cccc(Cl)c2)c1. The quantitative estimate of drug-likeness (QED) is 0.732. The second-order valence-corrected chi connectivity index (χ2v) is 7.16. The summed E-state index contributed by atoms with van der Waals surface area (Å²) in [6.45, 7) is 0.293. The molecule has 0 atom stereocenters. The summed E-state index contributed by atoms with van der Waals surface area (Å²) in [5.74, 6) is -1.22. The number of aromatic carboxylic acids is 1. The van der Waals surface area contributed by atoms with Crippen LogP contribution in [0.2, 0.25) is 5.02 Å². The lowest BCUT2D eigenvalue weighted by Crippen LogP contribution is -2.27. The van der Waals surface area contributed by atoms with Crippen LogP contribution in [0.4, 0.5) is 0 Å². The Kier molecular flexibility index (Phi) is 5.95. The fourth-order valence-corrected chi connectivity index (χ4v) is 3.35. The number of rotatable bonds is 7. The van der Waals surface area contributed by atoms with Crippen LogP contribution in [-0.2, 0) is 14.8 Å². The zero-order chi connectivity index (χ0) is 17.7. The van der Waals surface area contributed by atoms with E-state index in [1.54, 1.807) is 24.3 Å². The number of ether oxygens (including phenoxy) is 1. The fraction of sp³-hybridized carbons (Fsp3) is 0.188. The van der Waals surface area contributed by atoms with Crippen LogP contribution in [0.3, 0.4) is 0 Å². The Morgan fingerprint density at radius 1 is 1.21 bits per heavy atom. The van der Waals surface area contributed by atoms with Gasteiger partial charge in [0.25, 0.3) is 0 Å². The van der Waals surface area contributed by atoms with Crippen molar-refractivity contribution in [3.05, 3.63) is 53.1 Å². The molecule has 0 heterocycles. The van der Waals surface area contributed by atoms with Crippen LogP contribution in [0.1, 0.15) is 10.4 Å². The summed E-state index contributed by atoms with van der Waals surface area (Å²) in [6, 6.07) is 10.7. The molecule has 0 aliphatic rings. The van der Waals surface area contributed by atoms with Crippen molar-refractivity contribution in [2.45, 2.75) is 4.90 Å². The zero-order valence-corrected chi connectivity index (χ0v) is 14.4. The Morgan fingerprint density at radius 3 is 2.58 bits per heavy atom. The molecule has 2 aromatic carbocycles. The van der Waals surface area contributed by atoms with Crippen LogP contribution < -0.4 is 4.72 Å². The van der Waals surface area contributed by atoms with Gasteiger partial charge in [0.05, 0.1) is 17.1 Å². The molecule has 0 amide bonds. The second kappa shape index (κ2) is 7.76. The highest BCUT2D eigenvalue weighted by molar-refractivity contribution is 7.89. The van der Waals surface area contributed by atoms with Crippen LogP contribution in [-0.4, -0.2) is 39.8 Å². The Balaban J connectivity index is 2.51. The maximum absolute atomic E-state index is 12.3. The van der Waals surface area contributed by atoms with E-state index in [1.165, 1.54) is 19.2 Å². The van der Waals surface area contributed by atoms with Crippen molar-refractivity contribution in [3.8, 4) is 11.1 Å². The van der Waals surface area contributed by atoms with Gasteiger partial charge in [0.2, 0.25) is 10.0 Å². The van der Waals surface area contributed by atoms with Gasteiger partial charge in [-0.05, 0) is 41.5 Å². The number of hydrogen-bond acceptors (Lipinski definition) is 4. The van der Waals surface area contributed by atoms with Gasteiger partial charge in [-0.15, -0.1) is 0 Å². The third-order valence-corrected chi connectivity index (χ3v) is 4.90. The van der Waals surface area contributed by atoms with Gasteiger partial charge in [0.1, 0.15) is 0 Å². The lowest BCUT2D eigenvalue weighted by atomic mass is 10.0. The summed E-state index contributed by atoms with van der Waals surface area (Å²) in [5.41, 5.74) is 0.947. The number of hydrogen-bond donors (Lipinski definition) is 2. The van der Waals surface area contributed by atoms with Crippen molar-refractivity contribution in [2.75, 3.05) is 20.3 Å². The third kappa shape index (κ3) is 4.55. The van der Waals surface area contributed by atoms with Gasteiger partial charge in [-0.3, -0.25) is 0 Å². The van der Waals surface area contributed by atoms with E-state index in [4.69, 9.17) is 16.3 Å². The maximum Gasteiger partial charge on any atom is 0.335 e. The van der Waals surface area contributed by atoms with Gasteiger partial charge in [0, 0.05) is 18.7 Å². The van der Waals surface area contributed by atoms with E-state index in [2.05, 4.69) is 4.72 Å². The first-order chi connectivity index (χ1) is 11.3. The lowest BCUT2D eigenvalue weighted by Gasteiger charge is -2.10. The van der Waals surface area contributed by atoms with E-state index in [9.17, 15) is 18.3 Å². The lowest BCUT2D eigenvalue weighted by molar-refractivity contribution is 0.0696. The van der Waals surface area contributed by atoms with Crippen molar-refractivity contribution in [1.29, 1.82) is 0 Å². The standard InChI is InChI=1S/C16H16ClNO5S/c1-23-6-5-18-24(21,22)15-9-12(7-13(10-15)16(19)20)11-3-2-4-14(17)8-11/h2-4,7-10,18H,5-6H2,1H3,(H,19,20). The number of nitrogens with one attached hydrogen (secondary N) is 1. The fourth-order valence-electron chi connectivity index (χ4n) is 2.07. The first kappa shape index (κ1) is 18.4. The van der Waals surface area contributed by atoms with Gasteiger partial charge >= 0.3 is 5.97 Å². The van der Waals surface area contributed by atoms with Gasteiger partial charge < -0.3 is 9.84 Å². The van der Waals surface area contributed by atoms with Crippen LogP contribution in [0.5, 0.6) is 0 Å². The molecule has 2 aromatic rings.